The molecule has 0 spiro atoms. The van der Waals surface area contributed by atoms with Crippen molar-refractivity contribution in [2.24, 2.45) is 5.92 Å². The third-order valence-corrected chi connectivity index (χ3v) is 4.06. The summed E-state index contributed by atoms with van der Waals surface area (Å²) in [5, 5.41) is 19.6. The van der Waals surface area contributed by atoms with Crippen LogP contribution >= 0.6 is 11.8 Å². The molecule has 1 aromatic carbocycles. The molecule has 0 bridgehead atoms. The maximum absolute atomic E-state index is 13.7. The van der Waals surface area contributed by atoms with E-state index >= 15 is 0 Å². The third-order valence-electron chi connectivity index (χ3n) is 2.70. The number of rotatable bonds is 6. The van der Waals surface area contributed by atoms with E-state index in [1.54, 1.807) is 0 Å². The Bertz CT molecular complexity index is 507. The van der Waals surface area contributed by atoms with Gasteiger partial charge in [-0.15, -0.1) is 11.8 Å². The number of nitro groups is 1. The van der Waals surface area contributed by atoms with Crippen molar-refractivity contribution >= 4 is 23.4 Å². The van der Waals surface area contributed by atoms with E-state index in [1.807, 2.05) is 13.8 Å². The van der Waals surface area contributed by atoms with Gasteiger partial charge in [-0.1, -0.05) is 20.3 Å². The average molecular weight is 287 g/mol. The van der Waals surface area contributed by atoms with Crippen molar-refractivity contribution in [3.05, 3.63) is 33.6 Å². The lowest BCUT2D eigenvalue weighted by atomic mass is 10.2. The Morgan fingerprint density at radius 3 is 2.68 bits per heavy atom. The number of thioether (sulfide) groups is 1. The summed E-state index contributed by atoms with van der Waals surface area (Å²) >= 11 is 1.17. The van der Waals surface area contributed by atoms with E-state index in [2.05, 4.69) is 0 Å². The summed E-state index contributed by atoms with van der Waals surface area (Å²) in [6, 6.07) is 1.70. The van der Waals surface area contributed by atoms with Crippen LogP contribution in [0.3, 0.4) is 0 Å². The van der Waals surface area contributed by atoms with Crippen LogP contribution in [0.25, 0.3) is 0 Å². The van der Waals surface area contributed by atoms with Crippen LogP contribution in [-0.4, -0.2) is 21.8 Å². The number of hydrogen-bond donors (Lipinski definition) is 1. The lowest BCUT2D eigenvalue weighted by molar-refractivity contribution is -0.385. The van der Waals surface area contributed by atoms with E-state index in [4.69, 9.17) is 5.11 Å². The molecule has 1 atom stereocenters. The predicted molar refractivity (Wildman–Crippen MR) is 70.2 cm³/mol. The first-order valence-corrected chi connectivity index (χ1v) is 6.69. The summed E-state index contributed by atoms with van der Waals surface area (Å²) in [5.74, 6) is -1.21. The van der Waals surface area contributed by atoms with Gasteiger partial charge in [-0.25, -0.2) is 9.18 Å². The molecule has 1 unspecified atom stereocenters. The zero-order valence-electron chi connectivity index (χ0n) is 10.6. The number of carbonyl (C=O) groups is 1. The van der Waals surface area contributed by atoms with E-state index in [0.29, 0.717) is 17.7 Å². The molecule has 5 nitrogen and oxygen atoms in total. The molecule has 0 radical (unpaired) electrons. The molecule has 1 aromatic rings. The molecule has 0 saturated carbocycles. The molecule has 0 aromatic heterocycles. The lowest BCUT2D eigenvalue weighted by Crippen LogP contribution is -2.05. The molecule has 0 heterocycles. The largest absolute Gasteiger partial charge is 0.477 e. The smallest absolute Gasteiger partial charge is 0.342 e. The molecule has 1 rings (SSSR count). The Morgan fingerprint density at radius 1 is 1.58 bits per heavy atom. The van der Waals surface area contributed by atoms with Gasteiger partial charge in [0.15, 0.2) is 0 Å². The summed E-state index contributed by atoms with van der Waals surface area (Å²) in [6.45, 7) is 3.99. The Labute approximate surface area is 114 Å². The number of halogens is 1. The van der Waals surface area contributed by atoms with Gasteiger partial charge < -0.3 is 5.11 Å². The molecule has 19 heavy (non-hydrogen) atoms. The molecular weight excluding hydrogens is 273 g/mol. The number of hydrogen-bond acceptors (Lipinski definition) is 4. The summed E-state index contributed by atoms with van der Waals surface area (Å²) in [6.07, 6.45) is 0.924. The Balaban J connectivity index is 3.10. The number of nitro benzene ring substituents is 1. The first-order chi connectivity index (χ1) is 8.86. The van der Waals surface area contributed by atoms with Crippen molar-refractivity contribution in [3.63, 3.8) is 0 Å². The van der Waals surface area contributed by atoms with E-state index < -0.39 is 28.0 Å². The standard InChI is InChI=1S/C12H14FNO4S/c1-3-7(2)6-19-11-4-8(12(15)16)10(14(17)18)5-9(11)13/h4-5,7H,3,6H2,1-2H3,(H,15,16). The van der Waals surface area contributed by atoms with Crippen molar-refractivity contribution in [2.45, 2.75) is 25.2 Å². The van der Waals surface area contributed by atoms with Crippen molar-refractivity contribution in [1.29, 1.82) is 0 Å². The van der Waals surface area contributed by atoms with E-state index in [1.165, 1.54) is 11.8 Å². The number of carboxylic acids is 1. The Hall–Kier alpha value is -1.63. The third kappa shape index (κ3) is 3.92. The second kappa shape index (κ2) is 6.51. The van der Waals surface area contributed by atoms with E-state index in [-0.39, 0.29) is 4.90 Å². The second-order valence-electron chi connectivity index (χ2n) is 4.19. The molecule has 0 saturated heterocycles. The maximum Gasteiger partial charge on any atom is 0.342 e. The molecule has 0 aliphatic heterocycles. The van der Waals surface area contributed by atoms with E-state index in [9.17, 15) is 19.3 Å². The normalized spacial score (nSPS) is 12.2. The van der Waals surface area contributed by atoms with Gasteiger partial charge in [-0.3, -0.25) is 10.1 Å². The lowest BCUT2D eigenvalue weighted by Gasteiger charge is -2.09. The van der Waals surface area contributed by atoms with Gasteiger partial charge in [0.25, 0.3) is 5.69 Å². The minimum Gasteiger partial charge on any atom is -0.477 e. The summed E-state index contributed by atoms with van der Waals surface area (Å²) in [5.41, 5.74) is -1.21. The summed E-state index contributed by atoms with van der Waals surface area (Å²) < 4.78 is 13.7. The average Bonchev–Trinajstić information content (AvgIpc) is 2.35. The highest BCUT2D eigenvalue weighted by molar-refractivity contribution is 7.99. The molecule has 1 N–H and O–H groups in total. The summed E-state index contributed by atoms with van der Waals surface area (Å²) in [7, 11) is 0. The Kier molecular flexibility index (Phi) is 5.29. The summed E-state index contributed by atoms with van der Waals surface area (Å²) in [4.78, 5) is 20.9. The topological polar surface area (TPSA) is 80.4 Å². The van der Waals surface area contributed by atoms with Gasteiger partial charge in [-0.2, -0.15) is 0 Å². The first-order valence-electron chi connectivity index (χ1n) is 5.70. The SMILES string of the molecule is CCC(C)CSc1cc(C(=O)O)c([N+](=O)[O-])cc1F. The van der Waals surface area contributed by atoms with E-state index in [0.717, 1.165) is 12.5 Å². The van der Waals surface area contributed by atoms with Crippen molar-refractivity contribution < 1.29 is 19.2 Å². The van der Waals surface area contributed by atoms with Crippen molar-refractivity contribution in [2.75, 3.05) is 5.75 Å². The predicted octanol–water partition coefficient (Wildman–Crippen LogP) is 3.57. The second-order valence-corrected chi connectivity index (χ2v) is 5.25. The molecule has 104 valence electrons. The van der Waals surface area contributed by atoms with Gasteiger partial charge in [0.1, 0.15) is 11.4 Å². The zero-order valence-corrected chi connectivity index (χ0v) is 11.4. The highest BCUT2D eigenvalue weighted by atomic mass is 32.2. The van der Waals surface area contributed by atoms with Gasteiger partial charge in [0, 0.05) is 10.6 Å². The fourth-order valence-corrected chi connectivity index (χ4v) is 2.42. The van der Waals surface area contributed by atoms with Crippen LogP contribution in [0.4, 0.5) is 10.1 Å². The van der Waals surface area contributed by atoms with Crippen molar-refractivity contribution in [1.82, 2.24) is 0 Å². The van der Waals surface area contributed by atoms with Crippen LogP contribution in [0.5, 0.6) is 0 Å². The molecule has 7 heteroatoms. The van der Waals surface area contributed by atoms with Gasteiger partial charge >= 0.3 is 5.97 Å². The molecule has 0 amide bonds. The van der Waals surface area contributed by atoms with Gasteiger partial charge in [0.05, 0.1) is 11.0 Å². The number of carboxylic acid groups (broad SMARTS) is 1. The fourth-order valence-electron chi connectivity index (χ4n) is 1.33. The van der Waals surface area contributed by atoms with Gasteiger partial charge in [-0.05, 0) is 12.0 Å². The highest BCUT2D eigenvalue weighted by Crippen LogP contribution is 2.30. The quantitative estimate of drug-likeness (QED) is 0.491. The van der Waals surface area contributed by atoms with Crippen LogP contribution in [0.15, 0.2) is 17.0 Å². The van der Waals surface area contributed by atoms with Gasteiger partial charge in [0.2, 0.25) is 0 Å². The first kappa shape index (κ1) is 15.4. The van der Waals surface area contributed by atoms with Crippen LogP contribution in [0, 0.1) is 21.8 Å². The van der Waals surface area contributed by atoms with Crippen LogP contribution in [-0.2, 0) is 0 Å². The highest BCUT2D eigenvalue weighted by Gasteiger charge is 2.23. The number of nitrogens with zero attached hydrogens (tertiary/aromatic N) is 1. The maximum atomic E-state index is 13.7. The molecule has 0 aliphatic carbocycles. The van der Waals surface area contributed by atoms with Crippen LogP contribution in [0.2, 0.25) is 0 Å². The number of aromatic carboxylic acids is 1. The molecular formula is C12H14FNO4S. The van der Waals surface area contributed by atoms with Crippen LogP contribution < -0.4 is 0 Å². The monoisotopic (exact) mass is 287 g/mol. The minimum absolute atomic E-state index is 0.128. The van der Waals surface area contributed by atoms with Crippen molar-refractivity contribution in [3.8, 4) is 0 Å². The minimum atomic E-state index is -1.43. The molecule has 0 fully saturated rings. The Morgan fingerprint density at radius 2 is 2.21 bits per heavy atom. The molecule has 0 aliphatic rings. The fraction of sp³-hybridized carbons (Fsp3) is 0.417. The number of benzene rings is 1. The van der Waals surface area contributed by atoms with Crippen LogP contribution in [0.1, 0.15) is 30.6 Å². The zero-order chi connectivity index (χ0) is 14.6.